The molecule has 5 heteroatoms. The summed E-state index contributed by atoms with van der Waals surface area (Å²) < 4.78 is 0. The van der Waals surface area contributed by atoms with Crippen molar-refractivity contribution in [1.29, 1.82) is 0 Å². The van der Waals surface area contributed by atoms with Crippen LogP contribution in [0.3, 0.4) is 0 Å². The normalized spacial score (nSPS) is 14.7. The Hall–Kier alpha value is -1.10. The highest BCUT2D eigenvalue weighted by molar-refractivity contribution is 7.10. The highest BCUT2D eigenvalue weighted by Crippen LogP contribution is 2.35. The highest BCUT2D eigenvalue weighted by Gasteiger charge is 2.29. The second-order valence-electron chi connectivity index (χ2n) is 3.64. The lowest BCUT2D eigenvalue weighted by atomic mass is 9.95. The quantitative estimate of drug-likeness (QED) is 0.866. The van der Waals surface area contributed by atoms with Crippen LogP contribution in [0, 0.1) is 0 Å². The standard InChI is InChI=1S/C11H11ClN2OS/c1-11(15,9-3-2-4-16-9)8-5-7(12)6-14-10(8)13/h2-6,15H,1H3,(H2,13,14). The average Bonchev–Trinajstić information content (AvgIpc) is 2.75. The van der Waals surface area contributed by atoms with Crippen molar-refractivity contribution in [2.45, 2.75) is 12.5 Å². The fourth-order valence-electron chi connectivity index (χ4n) is 1.53. The van der Waals surface area contributed by atoms with Gasteiger partial charge in [-0.25, -0.2) is 4.98 Å². The van der Waals surface area contributed by atoms with E-state index in [0.717, 1.165) is 4.88 Å². The summed E-state index contributed by atoms with van der Waals surface area (Å²) >= 11 is 7.32. The minimum Gasteiger partial charge on any atom is -0.383 e. The van der Waals surface area contributed by atoms with Gasteiger partial charge < -0.3 is 10.8 Å². The van der Waals surface area contributed by atoms with Crippen molar-refractivity contribution in [3.63, 3.8) is 0 Å². The van der Waals surface area contributed by atoms with Crippen LogP contribution in [0.5, 0.6) is 0 Å². The zero-order valence-electron chi connectivity index (χ0n) is 8.64. The van der Waals surface area contributed by atoms with E-state index in [1.165, 1.54) is 17.5 Å². The second-order valence-corrected chi connectivity index (χ2v) is 5.02. The third-order valence-corrected chi connectivity index (χ3v) is 3.70. The minimum absolute atomic E-state index is 0.294. The maximum Gasteiger partial charge on any atom is 0.129 e. The molecule has 0 aliphatic carbocycles. The summed E-state index contributed by atoms with van der Waals surface area (Å²) in [7, 11) is 0. The van der Waals surface area contributed by atoms with Crippen LogP contribution in [-0.2, 0) is 5.60 Å². The van der Waals surface area contributed by atoms with Gasteiger partial charge in [-0.3, -0.25) is 0 Å². The van der Waals surface area contributed by atoms with Crippen molar-refractivity contribution >= 4 is 28.8 Å². The van der Waals surface area contributed by atoms with Crippen molar-refractivity contribution in [1.82, 2.24) is 4.98 Å². The fraction of sp³-hybridized carbons (Fsp3) is 0.182. The van der Waals surface area contributed by atoms with Crippen molar-refractivity contribution in [3.05, 3.63) is 45.2 Å². The number of hydrogen-bond donors (Lipinski definition) is 2. The number of nitrogen functional groups attached to an aromatic ring is 1. The van der Waals surface area contributed by atoms with Gasteiger partial charge in [0, 0.05) is 16.6 Å². The molecule has 0 amide bonds. The minimum atomic E-state index is -1.16. The maximum atomic E-state index is 10.5. The number of hydrogen-bond acceptors (Lipinski definition) is 4. The van der Waals surface area contributed by atoms with E-state index in [4.69, 9.17) is 17.3 Å². The van der Waals surface area contributed by atoms with Gasteiger partial charge in [0.25, 0.3) is 0 Å². The number of rotatable bonds is 2. The van der Waals surface area contributed by atoms with E-state index in [-0.39, 0.29) is 0 Å². The Morgan fingerprint density at radius 2 is 2.31 bits per heavy atom. The molecular formula is C11H11ClN2OS. The molecule has 3 nitrogen and oxygen atoms in total. The van der Waals surface area contributed by atoms with Crippen LogP contribution in [0.4, 0.5) is 5.82 Å². The van der Waals surface area contributed by atoms with E-state index in [0.29, 0.717) is 16.4 Å². The molecule has 2 aromatic rings. The second kappa shape index (κ2) is 4.05. The van der Waals surface area contributed by atoms with Gasteiger partial charge in [0.2, 0.25) is 0 Å². The first-order valence-electron chi connectivity index (χ1n) is 4.69. The molecule has 1 atom stereocenters. The first-order valence-corrected chi connectivity index (χ1v) is 5.95. The Morgan fingerprint density at radius 1 is 1.56 bits per heavy atom. The molecule has 0 fully saturated rings. The molecule has 1 unspecified atom stereocenters. The predicted octanol–water partition coefficient (Wildman–Crippen LogP) is 2.63. The first-order chi connectivity index (χ1) is 7.51. The number of halogens is 1. The van der Waals surface area contributed by atoms with E-state index >= 15 is 0 Å². The van der Waals surface area contributed by atoms with Crippen LogP contribution < -0.4 is 5.73 Å². The molecule has 0 bridgehead atoms. The van der Waals surface area contributed by atoms with Gasteiger partial charge >= 0.3 is 0 Å². The molecule has 2 heterocycles. The third-order valence-electron chi connectivity index (χ3n) is 2.41. The molecule has 0 aromatic carbocycles. The van der Waals surface area contributed by atoms with Crippen molar-refractivity contribution in [2.24, 2.45) is 0 Å². The number of thiophene rings is 1. The number of aliphatic hydroxyl groups is 1. The Kier molecular flexibility index (Phi) is 2.88. The van der Waals surface area contributed by atoms with Crippen molar-refractivity contribution in [2.75, 3.05) is 5.73 Å². The number of nitrogens with zero attached hydrogens (tertiary/aromatic N) is 1. The zero-order chi connectivity index (χ0) is 11.8. The van der Waals surface area contributed by atoms with E-state index in [1.807, 2.05) is 17.5 Å². The van der Waals surface area contributed by atoms with Crippen LogP contribution >= 0.6 is 22.9 Å². The summed E-state index contributed by atoms with van der Waals surface area (Å²) in [6.45, 7) is 1.68. The first kappa shape index (κ1) is 11.4. The van der Waals surface area contributed by atoms with Gasteiger partial charge in [0.05, 0.1) is 5.02 Å². The Balaban J connectivity index is 2.55. The van der Waals surface area contributed by atoms with E-state index in [2.05, 4.69) is 4.98 Å². The van der Waals surface area contributed by atoms with Crippen LogP contribution in [0.2, 0.25) is 5.02 Å². The molecule has 0 saturated heterocycles. The molecule has 0 aliphatic heterocycles. The number of anilines is 1. The molecule has 0 spiro atoms. The van der Waals surface area contributed by atoms with Gasteiger partial charge in [-0.2, -0.15) is 0 Å². The number of aromatic nitrogens is 1. The van der Waals surface area contributed by atoms with Gasteiger partial charge in [0.15, 0.2) is 0 Å². The van der Waals surface area contributed by atoms with E-state index < -0.39 is 5.60 Å². The summed E-state index contributed by atoms with van der Waals surface area (Å²) in [4.78, 5) is 4.75. The fourth-order valence-corrected chi connectivity index (χ4v) is 2.49. The van der Waals surface area contributed by atoms with E-state index in [9.17, 15) is 5.11 Å². The molecule has 0 aliphatic rings. The summed E-state index contributed by atoms with van der Waals surface area (Å²) in [6.07, 6.45) is 1.46. The lowest BCUT2D eigenvalue weighted by Crippen LogP contribution is -2.23. The zero-order valence-corrected chi connectivity index (χ0v) is 10.2. The van der Waals surface area contributed by atoms with E-state index in [1.54, 1.807) is 13.0 Å². The smallest absolute Gasteiger partial charge is 0.129 e. The Morgan fingerprint density at radius 3 is 2.94 bits per heavy atom. The molecular weight excluding hydrogens is 244 g/mol. The van der Waals surface area contributed by atoms with Gasteiger partial charge in [-0.15, -0.1) is 11.3 Å². The lowest BCUT2D eigenvalue weighted by Gasteiger charge is -2.23. The lowest BCUT2D eigenvalue weighted by molar-refractivity contribution is 0.107. The third kappa shape index (κ3) is 1.91. The van der Waals surface area contributed by atoms with Gasteiger partial charge in [0.1, 0.15) is 11.4 Å². The van der Waals surface area contributed by atoms with Crippen LogP contribution in [0.1, 0.15) is 17.4 Å². The Labute approximate surface area is 103 Å². The monoisotopic (exact) mass is 254 g/mol. The van der Waals surface area contributed by atoms with Crippen molar-refractivity contribution in [3.8, 4) is 0 Å². The summed E-state index contributed by atoms with van der Waals surface area (Å²) in [5.74, 6) is 0.294. The molecule has 0 saturated carbocycles. The molecule has 2 rings (SSSR count). The topological polar surface area (TPSA) is 59.1 Å². The summed E-state index contributed by atoms with van der Waals surface area (Å²) in [5.41, 5.74) is 5.13. The summed E-state index contributed by atoms with van der Waals surface area (Å²) in [6, 6.07) is 5.37. The van der Waals surface area contributed by atoms with Gasteiger partial charge in [-0.1, -0.05) is 17.7 Å². The Bertz CT molecular complexity index is 497. The molecule has 84 valence electrons. The number of nitrogens with two attached hydrogens (primary N) is 1. The number of pyridine rings is 1. The van der Waals surface area contributed by atoms with Crippen LogP contribution in [0.25, 0.3) is 0 Å². The predicted molar refractivity (Wildman–Crippen MR) is 66.7 cm³/mol. The van der Waals surface area contributed by atoms with Gasteiger partial charge in [-0.05, 0) is 24.4 Å². The van der Waals surface area contributed by atoms with Crippen molar-refractivity contribution < 1.29 is 5.11 Å². The molecule has 16 heavy (non-hydrogen) atoms. The highest BCUT2D eigenvalue weighted by atomic mass is 35.5. The molecule has 0 radical (unpaired) electrons. The van der Waals surface area contributed by atoms with Crippen LogP contribution in [-0.4, -0.2) is 10.1 Å². The average molecular weight is 255 g/mol. The molecule has 3 N–H and O–H groups in total. The van der Waals surface area contributed by atoms with Crippen LogP contribution in [0.15, 0.2) is 29.8 Å². The maximum absolute atomic E-state index is 10.5. The SMILES string of the molecule is CC(O)(c1cccs1)c1cc(Cl)cnc1N. The summed E-state index contributed by atoms with van der Waals surface area (Å²) in [5, 5.41) is 12.8. The molecule has 2 aromatic heterocycles. The largest absolute Gasteiger partial charge is 0.383 e.